The molecule has 2 heterocycles. The number of ether oxygens (including phenoxy) is 1. The molecule has 0 fully saturated rings. The van der Waals surface area contributed by atoms with Gasteiger partial charge in [0.15, 0.2) is 5.17 Å². The number of thioether (sulfide) groups is 1. The molecule has 134 valence electrons. The van der Waals surface area contributed by atoms with Crippen LogP contribution in [0.1, 0.15) is 11.6 Å². The zero-order valence-electron chi connectivity index (χ0n) is 13.2. The molecule has 2 aliphatic heterocycles. The number of aliphatic imine (C=N–C) groups is 1. The van der Waals surface area contributed by atoms with Gasteiger partial charge in [-0.3, -0.25) is 4.99 Å². The average molecular weight is 453 g/mol. The van der Waals surface area contributed by atoms with E-state index in [2.05, 4.69) is 26.0 Å². The molecule has 26 heavy (non-hydrogen) atoms. The highest BCUT2D eigenvalue weighted by Crippen LogP contribution is 2.35. The maximum atomic E-state index is 11.4. The summed E-state index contributed by atoms with van der Waals surface area (Å²) < 4.78 is 29.3. The number of para-hydroxylation sites is 1. The number of hydrogen-bond acceptors (Lipinski definition) is 7. The molecule has 7 nitrogen and oxygen atoms in total. The smallest absolute Gasteiger partial charge is 0.264 e. The Hall–Kier alpha value is -1.88. The third-order valence-electron chi connectivity index (χ3n) is 3.79. The molecule has 1 atom stereocenters. The zero-order valence-corrected chi connectivity index (χ0v) is 16.5. The van der Waals surface area contributed by atoms with Gasteiger partial charge in [0.1, 0.15) is 11.5 Å². The Morgan fingerprint density at radius 3 is 2.58 bits per heavy atom. The van der Waals surface area contributed by atoms with E-state index in [1.54, 1.807) is 5.01 Å². The van der Waals surface area contributed by atoms with E-state index in [4.69, 9.17) is 9.88 Å². The van der Waals surface area contributed by atoms with E-state index in [0.29, 0.717) is 11.7 Å². The molecule has 0 radical (unpaired) electrons. The first-order valence-electron chi connectivity index (χ1n) is 7.57. The van der Waals surface area contributed by atoms with Gasteiger partial charge in [0.05, 0.1) is 17.1 Å². The van der Waals surface area contributed by atoms with E-state index in [9.17, 15) is 8.42 Å². The van der Waals surface area contributed by atoms with Crippen molar-refractivity contribution in [1.82, 2.24) is 5.01 Å². The Morgan fingerprint density at radius 2 is 1.92 bits per heavy atom. The second-order valence-electron chi connectivity index (χ2n) is 5.62. The molecular formula is C16H13BrN4O3S2. The molecule has 2 aromatic carbocycles. The van der Waals surface area contributed by atoms with Crippen LogP contribution in [0.3, 0.4) is 0 Å². The van der Waals surface area contributed by atoms with Gasteiger partial charge in [-0.05, 0) is 57.5 Å². The lowest BCUT2D eigenvalue weighted by molar-refractivity contribution is 0.461. The van der Waals surface area contributed by atoms with Crippen LogP contribution in [0.15, 0.2) is 63.1 Å². The van der Waals surface area contributed by atoms with Crippen molar-refractivity contribution in [2.24, 2.45) is 15.2 Å². The molecular weight excluding hydrogens is 440 g/mol. The number of hydrogen-bond donors (Lipinski definition) is 1. The van der Waals surface area contributed by atoms with Gasteiger partial charge in [-0.15, -0.1) is 5.10 Å². The predicted octanol–water partition coefficient (Wildman–Crippen LogP) is 3.26. The van der Waals surface area contributed by atoms with Crippen molar-refractivity contribution >= 4 is 47.3 Å². The van der Waals surface area contributed by atoms with E-state index in [1.165, 1.54) is 0 Å². The fourth-order valence-electron chi connectivity index (χ4n) is 2.55. The van der Waals surface area contributed by atoms with Crippen LogP contribution < -0.4 is 9.88 Å². The van der Waals surface area contributed by atoms with Crippen LogP contribution in [0.2, 0.25) is 0 Å². The molecule has 2 N–H and O–H groups in total. The summed E-state index contributed by atoms with van der Waals surface area (Å²) in [6.07, 6.45) is 0. The Kier molecular flexibility index (Phi) is 4.51. The second-order valence-corrected chi connectivity index (χ2v) is 9.17. The van der Waals surface area contributed by atoms with Crippen molar-refractivity contribution in [1.29, 1.82) is 0 Å². The molecule has 2 aromatic rings. The minimum Gasteiger partial charge on any atom is -0.456 e. The van der Waals surface area contributed by atoms with Crippen molar-refractivity contribution in [3.63, 3.8) is 0 Å². The Morgan fingerprint density at radius 1 is 1.19 bits per heavy atom. The summed E-state index contributed by atoms with van der Waals surface area (Å²) in [4.78, 5) is 4.53. The number of primary sulfonamides is 1. The van der Waals surface area contributed by atoms with Crippen molar-refractivity contribution < 1.29 is 13.2 Å². The number of hydrazone groups is 1. The van der Waals surface area contributed by atoms with Crippen LogP contribution in [-0.4, -0.2) is 29.5 Å². The minimum absolute atomic E-state index is 0.110. The summed E-state index contributed by atoms with van der Waals surface area (Å²) in [6.45, 7) is 0.478. The summed E-state index contributed by atoms with van der Waals surface area (Å²) >= 11 is 4.43. The van der Waals surface area contributed by atoms with E-state index < -0.39 is 10.0 Å². The van der Waals surface area contributed by atoms with E-state index in [0.717, 1.165) is 33.3 Å². The molecule has 0 saturated heterocycles. The molecule has 0 aliphatic carbocycles. The first kappa shape index (κ1) is 17.5. The maximum absolute atomic E-state index is 11.4. The molecule has 0 aromatic heterocycles. The number of amidine groups is 1. The maximum Gasteiger partial charge on any atom is 0.264 e. The number of nitrogens with zero attached hydrogens (tertiary/aromatic N) is 3. The van der Waals surface area contributed by atoms with Gasteiger partial charge >= 0.3 is 0 Å². The number of nitrogens with two attached hydrogens (primary N) is 1. The van der Waals surface area contributed by atoms with Crippen molar-refractivity contribution in [3.05, 3.63) is 58.6 Å². The monoisotopic (exact) mass is 452 g/mol. The summed E-state index contributed by atoms with van der Waals surface area (Å²) in [5, 5.41) is 11.2. The highest BCUT2D eigenvalue weighted by Gasteiger charge is 2.36. The quantitative estimate of drug-likeness (QED) is 0.770. The Balaban J connectivity index is 1.46. The van der Waals surface area contributed by atoms with Crippen molar-refractivity contribution in [3.8, 4) is 11.5 Å². The predicted molar refractivity (Wildman–Crippen MR) is 106 cm³/mol. The van der Waals surface area contributed by atoms with Crippen LogP contribution in [0.4, 0.5) is 0 Å². The highest BCUT2D eigenvalue weighted by atomic mass is 79.9. The van der Waals surface area contributed by atoms with Gasteiger partial charge < -0.3 is 4.74 Å². The average Bonchev–Trinajstić information content (AvgIpc) is 3.16. The van der Waals surface area contributed by atoms with E-state index in [-0.39, 0.29) is 10.4 Å². The van der Waals surface area contributed by atoms with Crippen LogP contribution in [0, 0.1) is 0 Å². The second kappa shape index (κ2) is 6.69. The summed E-state index contributed by atoms with van der Waals surface area (Å²) in [5.74, 6) is 1.46. The standard InChI is InChI=1S/C16H13BrN4O3S2/c17-12-3-1-2-4-14(12)24-11-7-5-10(6-8-11)13-9-21-15(19-13)25-16(20-21)26(18,22)23/h1-8,13H,9H2,(H2,18,22,23). The molecule has 1 unspecified atom stereocenters. The van der Waals surface area contributed by atoms with E-state index >= 15 is 0 Å². The lowest BCUT2D eigenvalue weighted by atomic mass is 10.1. The van der Waals surface area contributed by atoms with Gasteiger partial charge in [-0.25, -0.2) is 18.6 Å². The number of halogens is 1. The molecule has 0 spiro atoms. The number of sulfonamides is 1. The third kappa shape index (κ3) is 3.50. The lowest BCUT2D eigenvalue weighted by Gasteiger charge is -2.11. The number of rotatable bonds is 3. The van der Waals surface area contributed by atoms with Crippen LogP contribution >= 0.6 is 27.7 Å². The Labute approximate surface area is 163 Å². The largest absolute Gasteiger partial charge is 0.456 e. The normalized spacial score (nSPS) is 19.2. The fourth-order valence-corrected chi connectivity index (χ4v) is 4.51. The van der Waals surface area contributed by atoms with Crippen LogP contribution in [0.5, 0.6) is 11.5 Å². The van der Waals surface area contributed by atoms with Crippen LogP contribution in [0.25, 0.3) is 0 Å². The van der Waals surface area contributed by atoms with Crippen molar-refractivity contribution in [2.45, 2.75) is 6.04 Å². The molecule has 0 saturated carbocycles. The lowest BCUT2D eigenvalue weighted by Crippen LogP contribution is -2.20. The van der Waals surface area contributed by atoms with Crippen LogP contribution in [-0.2, 0) is 10.0 Å². The topological polar surface area (TPSA) is 97.4 Å². The minimum atomic E-state index is -3.80. The summed E-state index contributed by atoms with van der Waals surface area (Å²) in [5.41, 5.74) is 0.999. The number of fused-ring (bicyclic) bond motifs is 1. The molecule has 10 heteroatoms. The SMILES string of the molecule is NS(=O)(=O)C1=NN2CC(c3ccc(Oc4ccccc4Br)cc3)N=C2S1. The number of benzene rings is 2. The molecule has 0 bridgehead atoms. The Bertz CT molecular complexity index is 1020. The molecule has 0 amide bonds. The van der Waals surface area contributed by atoms with E-state index in [1.807, 2.05) is 48.5 Å². The van der Waals surface area contributed by atoms with Gasteiger partial charge in [0, 0.05) is 0 Å². The van der Waals surface area contributed by atoms with Gasteiger partial charge in [0.25, 0.3) is 10.0 Å². The van der Waals surface area contributed by atoms with Crippen molar-refractivity contribution in [2.75, 3.05) is 6.54 Å². The zero-order chi connectivity index (χ0) is 18.3. The van der Waals surface area contributed by atoms with Gasteiger partial charge in [-0.2, -0.15) is 0 Å². The molecule has 4 rings (SSSR count). The highest BCUT2D eigenvalue weighted by molar-refractivity contribution is 9.10. The fraction of sp³-hybridized carbons (Fsp3) is 0.125. The summed E-state index contributed by atoms with van der Waals surface area (Å²) in [6, 6.07) is 15.2. The van der Waals surface area contributed by atoms with Gasteiger partial charge in [-0.1, -0.05) is 24.3 Å². The van der Waals surface area contributed by atoms with Gasteiger partial charge in [0.2, 0.25) is 4.38 Å². The molecule has 2 aliphatic rings. The first-order chi connectivity index (χ1) is 12.4. The first-order valence-corrected chi connectivity index (χ1v) is 10.7. The summed E-state index contributed by atoms with van der Waals surface area (Å²) in [7, 11) is -3.80. The third-order valence-corrected chi connectivity index (χ3v) is 6.71.